The van der Waals surface area contributed by atoms with Gasteiger partial charge in [-0.15, -0.1) is 0 Å². The second-order valence-electron chi connectivity index (χ2n) is 3.99. The van der Waals surface area contributed by atoms with E-state index in [-0.39, 0.29) is 5.91 Å². The monoisotopic (exact) mass is 224 g/mol. The van der Waals surface area contributed by atoms with Crippen molar-refractivity contribution in [3.8, 4) is 0 Å². The zero-order chi connectivity index (χ0) is 12.0. The molecule has 0 aliphatic rings. The topological polar surface area (TPSA) is 68.3 Å². The van der Waals surface area contributed by atoms with Gasteiger partial charge in [0.15, 0.2) is 5.76 Å². The number of hydrogen-bond donors (Lipinski definition) is 2. The van der Waals surface area contributed by atoms with Crippen molar-refractivity contribution in [3.63, 3.8) is 0 Å². The summed E-state index contributed by atoms with van der Waals surface area (Å²) in [5, 5.41) is 2.87. The maximum absolute atomic E-state index is 11.7. The van der Waals surface area contributed by atoms with Crippen molar-refractivity contribution < 1.29 is 9.21 Å². The predicted molar refractivity (Wildman–Crippen MR) is 63.2 cm³/mol. The molecule has 90 valence electrons. The van der Waals surface area contributed by atoms with E-state index in [0.29, 0.717) is 24.8 Å². The molecule has 1 atom stereocenters. The third-order valence-electron chi connectivity index (χ3n) is 2.77. The van der Waals surface area contributed by atoms with Crippen LogP contribution in [0, 0.1) is 12.8 Å². The van der Waals surface area contributed by atoms with E-state index in [0.717, 1.165) is 18.4 Å². The molecule has 0 aliphatic heterocycles. The third-order valence-corrected chi connectivity index (χ3v) is 2.77. The fourth-order valence-electron chi connectivity index (χ4n) is 1.61. The van der Waals surface area contributed by atoms with Crippen LogP contribution in [0.15, 0.2) is 16.7 Å². The van der Waals surface area contributed by atoms with Crippen molar-refractivity contribution in [1.29, 1.82) is 0 Å². The summed E-state index contributed by atoms with van der Waals surface area (Å²) in [6.07, 6.45) is 3.49. The van der Waals surface area contributed by atoms with E-state index in [1.165, 1.54) is 6.26 Å². The van der Waals surface area contributed by atoms with Gasteiger partial charge in [-0.25, -0.2) is 0 Å². The summed E-state index contributed by atoms with van der Waals surface area (Å²) in [5.41, 5.74) is 6.36. The Morgan fingerprint density at radius 2 is 2.38 bits per heavy atom. The average molecular weight is 224 g/mol. The molecule has 1 rings (SSSR count). The van der Waals surface area contributed by atoms with Gasteiger partial charge in [0.05, 0.1) is 6.26 Å². The van der Waals surface area contributed by atoms with Crippen molar-refractivity contribution in [2.24, 2.45) is 11.7 Å². The first-order valence-corrected chi connectivity index (χ1v) is 5.71. The number of rotatable bonds is 6. The van der Waals surface area contributed by atoms with Gasteiger partial charge in [0.25, 0.3) is 5.91 Å². The first-order valence-electron chi connectivity index (χ1n) is 5.71. The van der Waals surface area contributed by atoms with Crippen LogP contribution in [0.2, 0.25) is 0 Å². The van der Waals surface area contributed by atoms with E-state index in [9.17, 15) is 4.79 Å². The van der Waals surface area contributed by atoms with Crippen LogP contribution in [0.5, 0.6) is 0 Å². The summed E-state index contributed by atoms with van der Waals surface area (Å²) in [7, 11) is 0. The quantitative estimate of drug-likeness (QED) is 0.772. The lowest BCUT2D eigenvalue weighted by Crippen LogP contribution is -2.30. The third kappa shape index (κ3) is 3.38. The predicted octanol–water partition coefficient (Wildman–Crippen LogP) is 1.69. The molecule has 0 bridgehead atoms. The summed E-state index contributed by atoms with van der Waals surface area (Å²) < 4.78 is 5.12. The number of carbonyl (C=O) groups excluding carboxylic acids is 1. The normalized spacial score (nSPS) is 12.4. The van der Waals surface area contributed by atoms with Crippen LogP contribution in [0.3, 0.4) is 0 Å². The number of nitrogens with two attached hydrogens (primary N) is 1. The van der Waals surface area contributed by atoms with E-state index < -0.39 is 0 Å². The van der Waals surface area contributed by atoms with Crippen molar-refractivity contribution in [2.45, 2.75) is 26.7 Å². The minimum Gasteiger partial charge on any atom is -0.459 e. The van der Waals surface area contributed by atoms with Gasteiger partial charge in [-0.2, -0.15) is 0 Å². The molecule has 0 aliphatic carbocycles. The maximum atomic E-state index is 11.7. The van der Waals surface area contributed by atoms with Crippen LogP contribution < -0.4 is 11.1 Å². The molecule has 4 heteroatoms. The van der Waals surface area contributed by atoms with Gasteiger partial charge in [0, 0.05) is 12.1 Å². The summed E-state index contributed by atoms with van der Waals surface area (Å²) in [6.45, 7) is 5.28. The lowest BCUT2D eigenvalue weighted by Gasteiger charge is -2.13. The Kier molecular flexibility index (Phi) is 5.05. The highest BCUT2D eigenvalue weighted by atomic mass is 16.3. The van der Waals surface area contributed by atoms with Crippen molar-refractivity contribution in [1.82, 2.24) is 5.32 Å². The number of amides is 1. The van der Waals surface area contributed by atoms with Gasteiger partial charge in [-0.05, 0) is 31.9 Å². The van der Waals surface area contributed by atoms with E-state index >= 15 is 0 Å². The highest BCUT2D eigenvalue weighted by Crippen LogP contribution is 2.09. The average Bonchev–Trinajstić information content (AvgIpc) is 2.70. The molecule has 1 heterocycles. The van der Waals surface area contributed by atoms with Gasteiger partial charge >= 0.3 is 0 Å². The number of hydrogen-bond acceptors (Lipinski definition) is 3. The van der Waals surface area contributed by atoms with Crippen LogP contribution in [0.1, 0.15) is 35.9 Å². The summed E-state index contributed by atoms with van der Waals surface area (Å²) in [5.74, 6) is 0.713. The fraction of sp³-hybridized carbons (Fsp3) is 0.583. The Balaban J connectivity index is 2.43. The van der Waals surface area contributed by atoms with E-state index in [4.69, 9.17) is 10.2 Å². The smallest absolute Gasteiger partial charge is 0.287 e. The summed E-state index contributed by atoms with van der Waals surface area (Å²) >= 11 is 0. The Hall–Kier alpha value is -1.29. The van der Waals surface area contributed by atoms with Crippen molar-refractivity contribution in [3.05, 3.63) is 23.7 Å². The molecule has 4 nitrogen and oxygen atoms in total. The number of aryl methyl sites for hydroxylation is 1. The molecule has 16 heavy (non-hydrogen) atoms. The molecule has 1 amide bonds. The molecule has 0 radical (unpaired) electrons. The van der Waals surface area contributed by atoms with E-state index in [2.05, 4.69) is 12.2 Å². The number of nitrogens with one attached hydrogen (secondary N) is 1. The fourth-order valence-corrected chi connectivity index (χ4v) is 1.61. The van der Waals surface area contributed by atoms with Crippen LogP contribution in [-0.2, 0) is 0 Å². The zero-order valence-corrected chi connectivity index (χ0v) is 9.95. The molecule has 1 aromatic heterocycles. The largest absolute Gasteiger partial charge is 0.459 e. The molecule has 1 aromatic rings. The molecule has 0 aromatic carbocycles. The summed E-state index contributed by atoms with van der Waals surface area (Å²) in [4.78, 5) is 11.7. The molecule has 0 fully saturated rings. The minimum atomic E-state index is -0.141. The van der Waals surface area contributed by atoms with Gasteiger partial charge in [0.2, 0.25) is 0 Å². The Morgan fingerprint density at radius 1 is 1.62 bits per heavy atom. The number of furan rings is 1. The Morgan fingerprint density at radius 3 is 2.88 bits per heavy atom. The van der Waals surface area contributed by atoms with E-state index in [1.54, 1.807) is 6.07 Å². The Bertz CT molecular complexity index is 334. The SMILES string of the molecule is CCC(CCN)CNC(=O)c1occc1C. The maximum Gasteiger partial charge on any atom is 0.287 e. The van der Waals surface area contributed by atoms with Crippen LogP contribution in [0.25, 0.3) is 0 Å². The second-order valence-corrected chi connectivity index (χ2v) is 3.99. The second kappa shape index (κ2) is 6.33. The molecule has 0 saturated heterocycles. The Labute approximate surface area is 96.2 Å². The number of carbonyl (C=O) groups is 1. The van der Waals surface area contributed by atoms with Gasteiger partial charge in [-0.3, -0.25) is 4.79 Å². The highest BCUT2D eigenvalue weighted by molar-refractivity contribution is 5.92. The molecule has 0 spiro atoms. The van der Waals surface area contributed by atoms with E-state index in [1.807, 2.05) is 6.92 Å². The van der Waals surface area contributed by atoms with Gasteiger partial charge in [0.1, 0.15) is 0 Å². The highest BCUT2D eigenvalue weighted by Gasteiger charge is 2.13. The molecular weight excluding hydrogens is 204 g/mol. The first-order chi connectivity index (χ1) is 7.69. The van der Waals surface area contributed by atoms with Gasteiger partial charge < -0.3 is 15.5 Å². The zero-order valence-electron chi connectivity index (χ0n) is 9.95. The summed E-state index contributed by atoms with van der Waals surface area (Å²) in [6, 6.07) is 1.78. The standard InChI is InChI=1S/C12H20N2O2/c1-3-10(4-6-13)8-14-12(15)11-9(2)5-7-16-11/h5,7,10H,3-4,6,8,13H2,1-2H3,(H,14,15). The molecule has 1 unspecified atom stereocenters. The van der Waals surface area contributed by atoms with Crippen LogP contribution in [0.4, 0.5) is 0 Å². The molecular formula is C12H20N2O2. The van der Waals surface area contributed by atoms with Gasteiger partial charge in [-0.1, -0.05) is 13.3 Å². The lowest BCUT2D eigenvalue weighted by atomic mass is 10.0. The lowest BCUT2D eigenvalue weighted by molar-refractivity contribution is 0.0917. The van der Waals surface area contributed by atoms with Crippen molar-refractivity contribution in [2.75, 3.05) is 13.1 Å². The van der Waals surface area contributed by atoms with Crippen LogP contribution >= 0.6 is 0 Å². The molecule has 0 saturated carbocycles. The van der Waals surface area contributed by atoms with Crippen molar-refractivity contribution >= 4 is 5.91 Å². The van der Waals surface area contributed by atoms with Crippen LogP contribution in [-0.4, -0.2) is 19.0 Å². The molecule has 3 N–H and O–H groups in total. The first kappa shape index (κ1) is 12.8. The minimum absolute atomic E-state index is 0.141.